The average molecular weight is 361 g/mol. The summed E-state index contributed by atoms with van der Waals surface area (Å²) < 4.78 is 31.0. The van der Waals surface area contributed by atoms with Crippen molar-refractivity contribution in [2.24, 2.45) is 5.92 Å². The molecule has 2 rings (SSSR count). The number of nitrogens with zero attached hydrogens (tertiary/aromatic N) is 1. The van der Waals surface area contributed by atoms with Gasteiger partial charge in [0.1, 0.15) is 5.75 Å². The minimum atomic E-state index is -3.49. The molecule has 0 radical (unpaired) electrons. The lowest BCUT2D eigenvalue weighted by atomic mass is 10.2. The van der Waals surface area contributed by atoms with E-state index in [9.17, 15) is 13.2 Å². The van der Waals surface area contributed by atoms with E-state index in [1.54, 1.807) is 12.1 Å². The van der Waals surface area contributed by atoms with Gasteiger partial charge in [-0.2, -0.15) is 0 Å². The Morgan fingerprint density at radius 1 is 1.48 bits per heavy atom. The molecule has 0 aliphatic carbocycles. The first-order valence-corrected chi connectivity index (χ1v) is 9.62. The molecule has 1 amide bonds. The fourth-order valence-electron chi connectivity index (χ4n) is 2.30. The van der Waals surface area contributed by atoms with Crippen LogP contribution in [0.25, 0.3) is 0 Å². The molecule has 6 nitrogen and oxygen atoms in total. The Bertz CT molecular complexity index is 691. The zero-order valence-electron chi connectivity index (χ0n) is 13.4. The van der Waals surface area contributed by atoms with Crippen LogP contribution in [0, 0.1) is 5.92 Å². The van der Waals surface area contributed by atoms with Crippen LogP contribution in [0.15, 0.2) is 18.2 Å². The van der Waals surface area contributed by atoms with Crippen molar-refractivity contribution in [3.63, 3.8) is 0 Å². The minimum Gasteiger partial charge on any atom is -0.478 e. The van der Waals surface area contributed by atoms with E-state index in [2.05, 4.69) is 5.32 Å². The highest BCUT2D eigenvalue weighted by Gasteiger charge is 2.31. The Kier molecular flexibility index (Phi) is 5.41. The molecule has 1 aromatic carbocycles. The average Bonchev–Trinajstić information content (AvgIpc) is 2.63. The Morgan fingerprint density at radius 2 is 2.17 bits per heavy atom. The highest BCUT2D eigenvalue weighted by molar-refractivity contribution is 7.92. The van der Waals surface area contributed by atoms with Gasteiger partial charge < -0.3 is 10.1 Å². The van der Waals surface area contributed by atoms with Gasteiger partial charge in [-0.1, -0.05) is 25.4 Å². The number of rotatable bonds is 4. The van der Waals surface area contributed by atoms with E-state index in [4.69, 9.17) is 16.3 Å². The number of sulfonamides is 1. The number of amides is 1. The fraction of sp³-hybridized carbons (Fsp3) is 0.533. The topological polar surface area (TPSA) is 75.7 Å². The zero-order chi connectivity index (χ0) is 17.2. The van der Waals surface area contributed by atoms with Crippen LogP contribution in [0.4, 0.5) is 5.69 Å². The molecule has 1 aliphatic heterocycles. The van der Waals surface area contributed by atoms with Crippen LogP contribution in [0.2, 0.25) is 5.02 Å². The summed E-state index contributed by atoms with van der Waals surface area (Å²) in [7, 11) is -3.49. The lowest BCUT2D eigenvalue weighted by Crippen LogP contribution is -2.41. The number of fused-ring (bicyclic) bond motifs is 1. The van der Waals surface area contributed by atoms with Gasteiger partial charge in [0.25, 0.3) is 5.91 Å². The summed E-state index contributed by atoms with van der Waals surface area (Å²) >= 11 is 5.97. The summed E-state index contributed by atoms with van der Waals surface area (Å²) in [4.78, 5) is 12.3. The maximum absolute atomic E-state index is 12.3. The number of hydrogen-bond donors (Lipinski definition) is 1. The van der Waals surface area contributed by atoms with Gasteiger partial charge in [-0.05, 0) is 24.1 Å². The highest BCUT2D eigenvalue weighted by Crippen LogP contribution is 2.36. The standard InChI is InChI=1S/C15H21ClN2O4S/c1-10(2)9-17-15(19)14-6-7-18(23(3,20)21)12-8-11(16)4-5-13(12)22-14/h4-5,8,10,14H,6-7,9H2,1-3H3,(H,17,19)/t14-/m1/s1. The molecule has 1 atom stereocenters. The molecular formula is C15H21ClN2O4S. The Balaban J connectivity index is 2.29. The number of nitrogens with one attached hydrogen (secondary N) is 1. The fourth-order valence-corrected chi connectivity index (χ4v) is 3.40. The molecule has 0 spiro atoms. The number of halogens is 1. The van der Waals surface area contributed by atoms with Gasteiger partial charge in [-0.25, -0.2) is 8.42 Å². The Hall–Kier alpha value is -1.47. The maximum atomic E-state index is 12.3. The van der Waals surface area contributed by atoms with Crippen molar-refractivity contribution in [2.45, 2.75) is 26.4 Å². The summed E-state index contributed by atoms with van der Waals surface area (Å²) in [6.45, 7) is 4.70. The second-order valence-electron chi connectivity index (χ2n) is 5.98. The molecule has 1 N–H and O–H groups in total. The van der Waals surface area contributed by atoms with E-state index in [1.807, 2.05) is 13.8 Å². The summed E-state index contributed by atoms with van der Waals surface area (Å²) in [6.07, 6.45) is 0.653. The van der Waals surface area contributed by atoms with Gasteiger partial charge in [-0.3, -0.25) is 9.10 Å². The smallest absolute Gasteiger partial charge is 0.261 e. The van der Waals surface area contributed by atoms with Crippen molar-refractivity contribution in [3.8, 4) is 5.75 Å². The summed E-state index contributed by atoms with van der Waals surface area (Å²) in [5.41, 5.74) is 0.360. The lowest BCUT2D eigenvalue weighted by molar-refractivity contribution is -0.128. The van der Waals surface area contributed by atoms with Crippen LogP contribution in [0.5, 0.6) is 5.75 Å². The van der Waals surface area contributed by atoms with Crippen LogP contribution in [0.3, 0.4) is 0 Å². The molecule has 1 aromatic rings. The summed E-state index contributed by atoms with van der Waals surface area (Å²) in [5.74, 6) is 0.417. The number of ether oxygens (including phenoxy) is 1. The molecular weight excluding hydrogens is 340 g/mol. The van der Waals surface area contributed by atoms with Crippen LogP contribution in [0.1, 0.15) is 20.3 Å². The summed E-state index contributed by atoms with van der Waals surface area (Å²) in [6, 6.07) is 4.73. The van der Waals surface area contributed by atoms with Gasteiger partial charge in [0.15, 0.2) is 6.10 Å². The first-order valence-electron chi connectivity index (χ1n) is 7.40. The van der Waals surface area contributed by atoms with E-state index >= 15 is 0 Å². The molecule has 8 heteroatoms. The number of carbonyl (C=O) groups excluding carboxylic acids is 1. The monoisotopic (exact) mass is 360 g/mol. The second-order valence-corrected chi connectivity index (χ2v) is 8.32. The van der Waals surface area contributed by atoms with E-state index in [0.717, 1.165) is 6.26 Å². The van der Waals surface area contributed by atoms with Crippen LogP contribution in [-0.2, 0) is 14.8 Å². The molecule has 1 aliphatic rings. The molecule has 1 heterocycles. The predicted molar refractivity (Wildman–Crippen MR) is 90.5 cm³/mol. The first kappa shape index (κ1) is 17.9. The number of anilines is 1. The number of benzene rings is 1. The number of hydrogen-bond acceptors (Lipinski definition) is 4. The summed E-state index contributed by atoms with van der Waals surface area (Å²) in [5, 5.41) is 3.22. The van der Waals surface area contributed by atoms with Crippen molar-refractivity contribution in [1.82, 2.24) is 5.32 Å². The number of carbonyl (C=O) groups is 1. The Morgan fingerprint density at radius 3 is 2.78 bits per heavy atom. The van der Waals surface area contributed by atoms with Gasteiger partial charge in [0.2, 0.25) is 10.0 Å². The van der Waals surface area contributed by atoms with Crippen molar-refractivity contribution in [2.75, 3.05) is 23.7 Å². The van der Waals surface area contributed by atoms with Gasteiger partial charge >= 0.3 is 0 Å². The van der Waals surface area contributed by atoms with Crippen LogP contribution < -0.4 is 14.4 Å². The zero-order valence-corrected chi connectivity index (χ0v) is 14.9. The normalized spacial score (nSPS) is 18.1. The van der Waals surface area contributed by atoms with Gasteiger partial charge in [0.05, 0.1) is 11.9 Å². The third-order valence-electron chi connectivity index (χ3n) is 3.43. The van der Waals surface area contributed by atoms with Gasteiger partial charge in [-0.15, -0.1) is 0 Å². The molecule has 0 aromatic heterocycles. The van der Waals surface area contributed by atoms with Crippen molar-refractivity contribution < 1.29 is 17.9 Å². The van der Waals surface area contributed by atoms with E-state index in [1.165, 1.54) is 10.4 Å². The van der Waals surface area contributed by atoms with E-state index in [0.29, 0.717) is 28.9 Å². The van der Waals surface area contributed by atoms with E-state index < -0.39 is 16.1 Å². The first-order chi connectivity index (χ1) is 10.7. The van der Waals surface area contributed by atoms with Crippen molar-refractivity contribution >= 4 is 33.2 Å². The largest absolute Gasteiger partial charge is 0.478 e. The molecule has 0 fully saturated rings. The third kappa shape index (κ3) is 4.51. The van der Waals surface area contributed by atoms with Gasteiger partial charge in [0, 0.05) is 24.5 Å². The maximum Gasteiger partial charge on any atom is 0.261 e. The molecule has 0 saturated heterocycles. The van der Waals surface area contributed by atoms with E-state index in [-0.39, 0.29) is 18.9 Å². The van der Waals surface area contributed by atoms with Crippen LogP contribution in [-0.4, -0.2) is 39.8 Å². The highest BCUT2D eigenvalue weighted by atomic mass is 35.5. The lowest BCUT2D eigenvalue weighted by Gasteiger charge is -2.21. The van der Waals surface area contributed by atoms with Crippen molar-refractivity contribution in [3.05, 3.63) is 23.2 Å². The SMILES string of the molecule is CC(C)CNC(=O)[C@H]1CCN(S(C)(=O)=O)c2cc(Cl)ccc2O1. The molecule has 0 saturated carbocycles. The molecule has 0 unspecified atom stereocenters. The molecule has 0 bridgehead atoms. The molecule has 23 heavy (non-hydrogen) atoms. The van der Waals surface area contributed by atoms with Crippen molar-refractivity contribution in [1.29, 1.82) is 0 Å². The van der Waals surface area contributed by atoms with Crippen LogP contribution >= 0.6 is 11.6 Å². The Labute approximate surface area is 141 Å². The third-order valence-corrected chi connectivity index (χ3v) is 4.85. The molecule has 128 valence electrons. The quantitative estimate of drug-likeness (QED) is 0.891. The predicted octanol–water partition coefficient (Wildman–Crippen LogP) is 2.03. The second kappa shape index (κ2) is 6.97. The minimum absolute atomic E-state index is 0.159.